The summed E-state index contributed by atoms with van der Waals surface area (Å²) in [4.78, 5) is 13.5. The van der Waals surface area contributed by atoms with Crippen molar-refractivity contribution in [3.8, 4) is 22.6 Å². The lowest BCUT2D eigenvalue weighted by molar-refractivity contribution is 0.0797. The molecular weight excluding hydrogens is 356 g/mol. The molecule has 3 aromatic heterocycles. The molecular formula is C21H20N4O3. The highest BCUT2D eigenvalue weighted by Gasteiger charge is 2.14. The standard InChI is InChI=1S/C21H20N4O3/c1-14-11-17(23-28-14)13-25-10-9-18(22-25)15-5-4-6-16(12-15)19-7-8-20(27-19)21(26)24(2)3/h4-12H,13H2,1-3H3. The van der Waals surface area contributed by atoms with Gasteiger partial charge < -0.3 is 13.8 Å². The van der Waals surface area contributed by atoms with Gasteiger partial charge in [-0.2, -0.15) is 5.10 Å². The maximum atomic E-state index is 12.0. The third-order valence-electron chi connectivity index (χ3n) is 4.31. The number of hydrogen-bond acceptors (Lipinski definition) is 5. The van der Waals surface area contributed by atoms with Crippen LogP contribution < -0.4 is 0 Å². The van der Waals surface area contributed by atoms with Crippen molar-refractivity contribution in [1.82, 2.24) is 19.8 Å². The van der Waals surface area contributed by atoms with Crippen LogP contribution in [0.2, 0.25) is 0 Å². The van der Waals surface area contributed by atoms with Crippen molar-refractivity contribution < 1.29 is 13.7 Å². The van der Waals surface area contributed by atoms with Gasteiger partial charge in [-0.15, -0.1) is 0 Å². The van der Waals surface area contributed by atoms with Gasteiger partial charge in [0.2, 0.25) is 0 Å². The summed E-state index contributed by atoms with van der Waals surface area (Å²) in [5, 5.41) is 8.62. The molecule has 0 aliphatic heterocycles. The Morgan fingerprint density at radius 1 is 1.11 bits per heavy atom. The second-order valence-corrected chi connectivity index (χ2v) is 6.77. The number of amides is 1. The third kappa shape index (κ3) is 3.59. The van der Waals surface area contributed by atoms with E-state index in [2.05, 4.69) is 10.3 Å². The van der Waals surface area contributed by atoms with E-state index in [0.717, 1.165) is 28.3 Å². The fourth-order valence-electron chi connectivity index (χ4n) is 2.92. The first-order chi connectivity index (χ1) is 13.5. The molecule has 28 heavy (non-hydrogen) atoms. The molecule has 1 aromatic carbocycles. The Morgan fingerprint density at radius 2 is 1.93 bits per heavy atom. The molecule has 0 saturated carbocycles. The monoisotopic (exact) mass is 376 g/mol. The van der Waals surface area contributed by atoms with E-state index >= 15 is 0 Å². The fraction of sp³-hybridized carbons (Fsp3) is 0.190. The molecule has 0 spiro atoms. The lowest BCUT2D eigenvalue weighted by Crippen LogP contribution is -2.20. The van der Waals surface area contributed by atoms with E-state index in [9.17, 15) is 4.79 Å². The van der Waals surface area contributed by atoms with E-state index in [-0.39, 0.29) is 5.91 Å². The second-order valence-electron chi connectivity index (χ2n) is 6.77. The van der Waals surface area contributed by atoms with Gasteiger partial charge >= 0.3 is 0 Å². The Bertz CT molecular complexity index is 1120. The molecule has 4 rings (SSSR count). The predicted octanol–water partition coefficient (Wildman–Crippen LogP) is 3.86. The lowest BCUT2D eigenvalue weighted by atomic mass is 10.1. The van der Waals surface area contributed by atoms with Crippen molar-refractivity contribution in [2.75, 3.05) is 14.1 Å². The highest BCUT2D eigenvalue weighted by Crippen LogP contribution is 2.27. The van der Waals surface area contributed by atoms with Crippen LogP contribution >= 0.6 is 0 Å². The Balaban J connectivity index is 1.57. The van der Waals surface area contributed by atoms with Crippen molar-refractivity contribution >= 4 is 5.91 Å². The van der Waals surface area contributed by atoms with Gasteiger partial charge in [0.25, 0.3) is 5.91 Å². The van der Waals surface area contributed by atoms with Gasteiger partial charge in [-0.05, 0) is 31.2 Å². The third-order valence-corrected chi connectivity index (χ3v) is 4.31. The normalized spacial score (nSPS) is 11.0. The topological polar surface area (TPSA) is 77.3 Å². The van der Waals surface area contributed by atoms with Crippen molar-refractivity contribution in [2.24, 2.45) is 0 Å². The zero-order chi connectivity index (χ0) is 19.7. The molecule has 0 bridgehead atoms. The Labute approximate surface area is 162 Å². The Hall–Kier alpha value is -3.61. The molecule has 0 N–H and O–H groups in total. The number of aryl methyl sites for hydroxylation is 1. The number of furan rings is 1. The summed E-state index contributed by atoms with van der Waals surface area (Å²) >= 11 is 0. The van der Waals surface area contributed by atoms with E-state index < -0.39 is 0 Å². The molecule has 7 nitrogen and oxygen atoms in total. The first-order valence-corrected chi connectivity index (χ1v) is 8.87. The molecule has 0 saturated heterocycles. The smallest absolute Gasteiger partial charge is 0.289 e. The second kappa shape index (κ2) is 7.19. The summed E-state index contributed by atoms with van der Waals surface area (Å²) in [6, 6.07) is 15.2. The summed E-state index contributed by atoms with van der Waals surface area (Å²) in [6.07, 6.45) is 1.91. The average molecular weight is 376 g/mol. The van der Waals surface area contributed by atoms with Crippen molar-refractivity contribution in [1.29, 1.82) is 0 Å². The van der Waals surface area contributed by atoms with Crippen LogP contribution in [0.1, 0.15) is 22.0 Å². The van der Waals surface area contributed by atoms with Crippen molar-refractivity contribution in [3.05, 3.63) is 71.9 Å². The summed E-state index contributed by atoms with van der Waals surface area (Å²) in [5.41, 5.74) is 3.52. The Morgan fingerprint density at radius 3 is 2.68 bits per heavy atom. The molecule has 4 aromatic rings. The maximum absolute atomic E-state index is 12.0. The van der Waals surface area contributed by atoms with Gasteiger partial charge in [-0.25, -0.2) is 0 Å². The fourth-order valence-corrected chi connectivity index (χ4v) is 2.92. The van der Waals surface area contributed by atoms with Crippen molar-refractivity contribution in [2.45, 2.75) is 13.5 Å². The number of carbonyl (C=O) groups is 1. The van der Waals surface area contributed by atoms with Crippen LogP contribution in [0.4, 0.5) is 0 Å². The molecule has 3 heterocycles. The summed E-state index contributed by atoms with van der Waals surface area (Å²) in [6.45, 7) is 2.41. The van der Waals surface area contributed by atoms with Gasteiger partial charge in [0.15, 0.2) is 5.76 Å². The number of rotatable bonds is 5. The minimum Gasteiger partial charge on any atom is -0.451 e. The highest BCUT2D eigenvalue weighted by molar-refractivity contribution is 5.91. The number of benzene rings is 1. The molecule has 0 aliphatic carbocycles. The van der Waals surface area contributed by atoms with Gasteiger partial charge in [0, 0.05) is 37.5 Å². The highest BCUT2D eigenvalue weighted by atomic mass is 16.5. The molecule has 0 aliphatic rings. The van der Waals surface area contributed by atoms with Gasteiger partial charge in [0.05, 0.1) is 12.2 Å². The lowest BCUT2D eigenvalue weighted by Gasteiger charge is -2.07. The van der Waals surface area contributed by atoms with Crippen LogP contribution in [0.3, 0.4) is 0 Å². The summed E-state index contributed by atoms with van der Waals surface area (Å²) in [5.74, 6) is 1.58. The van der Waals surface area contributed by atoms with Gasteiger partial charge in [-0.3, -0.25) is 9.48 Å². The number of hydrogen-bond donors (Lipinski definition) is 0. The van der Waals surface area contributed by atoms with Gasteiger partial charge in [0.1, 0.15) is 17.2 Å². The minimum atomic E-state index is -0.163. The SMILES string of the molecule is Cc1cc(Cn2ccc(-c3cccc(-c4ccc(C(=O)N(C)C)o4)c3)n2)no1. The molecule has 0 atom stereocenters. The van der Waals surface area contributed by atoms with E-state index in [1.54, 1.807) is 26.2 Å². The predicted molar refractivity (Wildman–Crippen MR) is 104 cm³/mol. The largest absolute Gasteiger partial charge is 0.451 e. The summed E-state index contributed by atoms with van der Waals surface area (Å²) < 4.78 is 12.7. The molecule has 0 fully saturated rings. The van der Waals surface area contributed by atoms with Crippen LogP contribution in [-0.4, -0.2) is 39.8 Å². The zero-order valence-electron chi connectivity index (χ0n) is 15.9. The van der Waals surface area contributed by atoms with E-state index in [4.69, 9.17) is 8.94 Å². The van der Waals surface area contributed by atoms with Crippen molar-refractivity contribution in [3.63, 3.8) is 0 Å². The Kier molecular flexibility index (Phi) is 4.57. The number of carbonyl (C=O) groups excluding carboxylic acids is 1. The summed E-state index contributed by atoms with van der Waals surface area (Å²) in [7, 11) is 3.39. The minimum absolute atomic E-state index is 0.163. The first kappa shape index (κ1) is 17.8. The van der Waals surface area contributed by atoms with E-state index in [1.807, 2.05) is 54.2 Å². The number of aromatic nitrogens is 3. The molecule has 0 unspecified atom stereocenters. The van der Waals surface area contributed by atoms with Crippen LogP contribution in [0.25, 0.3) is 22.6 Å². The molecule has 0 radical (unpaired) electrons. The maximum Gasteiger partial charge on any atom is 0.289 e. The average Bonchev–Trinajstić information content (AvgIpc) is 3.43. The number of nitrogens with zero attached hydrogens (tertiary/aromatic N) is 4. The molecule has 7 heteroatoms. The first-order valence-electron chi connectivity index (χ1n) is 8.87. The molecule has 142 valence electrons. The van der Waals surface area contributed by atoms with Crippen LogP contribution in [0.15, 0.2) is 63.7 Å². The molecule has 1 amide bonds. The zero-order valence-corrected chi connectivity index (χ0v) is 15.9. The van der Waals surface area contributed by atoms with Crippen LogP contribution in [0.5, 0.6) is 0 Å². The van der Waals surface area contributed by atoms with Crippen LogP contribution in [-0.2, 0) is 6.54 Å². The van der Waals surface area contributed by atoms with Gasteiger partial charge in [-0.1, -0.05) is 23.4 Å². The van der Waals surface area contributed by atoms with Crippen LogP contribution in [0, 0.1) is 6.92 Å². The quantitative estimate of drug-likeness (QED) is 0.529. The van der Waals surface area contributed by atoms with E-state index in [0.29, 0.717) is 18.1 Å². The van der Waals surface area contributed by atoms with E-state index in [1.165, 1.54) is 4.90 Å².